The highest BCUT2D eigenvalue weighted by atomic mass is 32.2. The Morgan fingerprint density at radius 3 is 2.60 bits per heavy atom. The zero-order valence-corrected chi connectivity index (χ0v) is 21.1. The van der Waals surface area contributed by atoms with E-state index in [1.165, 1.54) is 28.3 Å². The molecule has 0 radical (unpaired) electrons. The number of likely N-dealkylation sites (N-methyl/N-ethyl adjacent to an activating group) is 1. The molecule has 2 N–H and O–H groups in total. The fourth-order valence-electron chi connectivity index (χ4n) is 3.78. The zero-order valence-electron chi connectivity index (χ0n) is 20.2. The number of carbonyl (C=O) groups is 1. The van der Waals surface area contributed by atoms with Gasteiger partial charge in [-0.15, -0.1) is 0 Å². The third-order valence-electron chi connectivity index (χ3n) is 5.82. The van der Waals surface area contributed by atoms with E-state index in [1.54, 1.807) is 44.6 Å². The summed E-state index contributed by atoms with van der Waals surface area (Å²) in [6, 6.07) is 7.10. The van der Waals surface area contributed by atoms with Gasteiger partial charge in [0.25, 0.3) is 5.91 Å². The average Bonchev–Trinajstić information content (AvgIpc) is 2.84. The predicted octanol–water partition coefficient (Wildman–Crippen LogP) is 1.35. The summed E-state index contributed by atoms with van der Waals surface area (Å²) in [4.78, 5) is 18.3. The van der Waals surface area contributed by atoms with Gasteiger partial charge >= 0.3 is 0 Å². The molecule has 1 aliphatic heterocycles. The van der Waals surface area contributed by atoms with Crippen molar-refractivity contribution in [1.29, 1.82) is 0 Å². The largest absolute Gasteiger partial charge is 0.487 e. The minimum Gasteiger partial charge on any atom is -0.487 e. The average molecular weight is 502 g/mol. The first-order valence-corrected chi connectivity index (χ1v) is 12.8. The molecule has 2 heterocycles. The Balaban J connectivity index is 2.02. The van der Waals surface area contributed by atoms with E-state index in [9.17, 15) is 23.4 Å². The topological polar surface area (TPSA) is 120 Å². The number of hydrogen-bond acceptors (Lipinski definition) is 7. The molecule has 1 aromatic carbocycles. The van der Waals surface area contributed by atoms with Gasteiger partial charge in [-0.3, -0.25) is 9.78 Å². The second kappa shape index (κ2) is 11.2. The SMILES string of the molecule is C[C@@H](O)C#Cc1ccc2c(c1)O[C@H](CN(C)C(=O)c1ccncc1)[C@@H](C)CN([C@@H](C)CO)S2(=O)=O. The molecule has 0 saturated heterocycles. The third-order valence-corrected chi connectivity index (χ3v) is 7.84. The molecule has 0 saturated carbocycles. The number of aliphatic hydroxyl groups excluding tert-OH is 2. The number of amides is 1. The Kier molecular flexibility index (Phi) is 8.51. The van der Waals surface area contributed by atoms with E-state index < -0.39 is 28.3 Å². The summed E-state index contributed by atoms with van der Waals surface area (Å²) >= 11 is 0. The molecule has 0 spiro atoms. The van der Waals surface area contributed by atoms with E-state index in [4.69, 9.17) is 4.74 Å². The van der Waals surface area contributed by atoms with Crippen LogP contribution in [0.2, 0.25) is 0 Å². The lowest BCUT2D eigenvalue weighted by molar-refractivity contribution is 0.0563. The maximum absolute atomic E-state index is 13.5. The number of rotatable bonds is 5. The number of benzene rings is 1. The summed E-state index contributed by atoms with van der Waals surface area (Å²) in [5, 5.41) is 19.2. The van der Waals surface area contributed by atoms with Crippen molar-refractivity contribution < 1.29 is 28.2 Å². The van der Waals surface area contributed by atoms with Gasteiger partial charge in [-0.25, -0.2) is 8.42 Å². The van der Waals surface area contributed by atoms with E-state index in [0.29, 0.717) is 11.1 Å². The van der Waals surface area contributed by atoms with Gasteiger partial charge in [-0.2, -0.15) is 4.31 Å². The Labute approximate surface area is 206 Å². The molecule has 0 fully saturated rings. The van der Waals surface area contributed by atoms with Gasteiger partial charge < -0.3 is 19.8 Å². The van der Waals surface area contributed by atoms with Crippen molar-refractivity contribution in [3.8, 4) is 17.6 Å². The molecular formula is C25H31N3O6S. The number of sulfonamides is 1. The molecule has 1 amide bonds. The van der Waals surface area contributed by atoms with Crippen molar-refractivity contribution in [3.63, 3.8) is 0 Å². The van der Waals surface area contributed by atoms with Gasteiger partial charge in [0, 0.05) is 49.1 Å². The van der Waals surface area contributed by atoms with Crippen LogP contribution in [-0.2, 0) is 10.0 Å². The standard InChI is InChI=1S/C25H31N3O6S/c1-17-14-28(18(2)16-29)35(32,33)24-8-7-20(6-5-19(3)30)13-22(24)34-23(17)15-27(4)25(31)21-9-11-26-12-10-21/h7-13,17-19,23,29-30H,14-16H2,1-4H3/t17-,18-,19+,23+/m0/s1. The van der Waals surface area contributed by atoms with E-state index >= 15 is 0 Å². The Hall–Kier alpha value is -2.97. The lowest BCUT2D eigenvalue weighted by atomic mass is 10.0. The maximum Gasteiger partial charge on any atom is 0.253 e. The summed E-state index contributed by atoms with van der Waals surface area (Å²) in [6.07, 6.45) is 1.69. The fraction of sp³-hybridized carbons (Fsp3) is 0.440. The van der Waals surface area contributed by atoms with Crippen LogP contribution in [0.15, 0.2) is 47.6 Å². The normalized spacial score (nSPS) is 21.2. The van der Waals surface area contributed by atoms with Crippen LogP contribution >= 0.6 is 0 Å². The Morgan fingerprint density at radius 2 is 1.97 bits per heavy atom. The van der Waals surface area contributed by atoms with Crippen molar-refractivity contribution in [2.45, 2.75) is 43.9 Å². The van der Waals surface area contributed by atoms with Crippen LogP contribution in [0.5, 0.6) is 5.75 Å². The molecule has 1 aliphatic rings. The lowest BCUT2D eigenvalue weighted by Gasteiger charge is -2.37. The van der Waals surface area contributed by atoms with E-state index in [-0.39, 0.29) is 42.2 Å². The van der Waals surface area contributed by atoms with Gasteiger partial charge in [-0.1, -0.05) is 18.8 Å². The van der Waals surface area contributed by atoms with Gasteiger partial charge in [0.15, 0.2) is 0 Å². The molecule has 188 valence electrons. The Morgan fingerprint density at radius 1 is 1.29 bits per heavy atom. The number of ether oxygens (including phenoxy) is 1. The first-order valence-electron chi connectivity index (χ1n) is 11.3. The van der Waals surface area contributed by atoms with Crippen LogP contribution in [0.1, 0.15) is 36.7 Å². The summed E-state index contributed by atoms with van der Waals surface area (Å²) in [5.41, 5.74) is 0.963. The van der Waals surface area contributed by atoms with Crippen molar-refractivity contribution in [2.75, 3.05) is 26.7 Å². The highest BCUT2D eigenvalue weighted by molar-refractivity contribution is 7.89. The first kappa shape index (κ1) is 26.6. The van der Waals surface area contributed by atoms with E-state index in [1.807, 2.05) is 6.92 Å². The smallest absolute Gasteiger partial charge is 0.253 e. The van der Waals surface area contributed by atoms with Crippen LogP contribution in [0.25, 0.3) is 0 Å². The van der Waals surface area contributed by atoms with Gasteiger partial charge in [0.1, 0.15) is 22.9 Å². The number of pyridine rings is 1. The van der Waals surface area contributed by atoms with Crippen molar-refractivity contribution in [1.82, 2.24) is 14.2 Å². The van der Waals surface area contributed by atoms with Crippen LogP contribution in [0.4, 0.5) is 0 Å². The van der Waals surface area contributed by atoms with Crippen molar-refractivity contribution in [3.05, 3.63) is 53.9 Å². The summed E-state index contributed by atoms with van der Waals surface area (Å²) in [6.45, 7) is 4.99. The van der Waals surface area contributed by atoms with E-state index in [2.05, 4.69) is 16.8 Å². The molecule has 0 aliphatic carbocycles. The molecule has 1 aromatic heterocycles. The molecular weight excluding hydrogens is 470 g/mol. The molecule has 35 heavy (non-hydrogen) atoms. The summed E-state index contributed by atoms with van der Waals surface area (Å²) in [7, 11) is -2.32. The highest BCUT2D eigenvalue weighted by Gasteiger charge is 2.38. The van der Waals surface area contributed by atoms with Crippen LogP contribution in [0.3, 0.4) is 0 Å². The van der Waals surface area contributed by atoms with Crippen LogP contribution in [-0.4, -0.2) is 83.7 Å². The van der Waals surface area contributed by atoms with Crippen LogP contribution < -0.4 is 4.74 Å². The van der Waals surface area contributed by atoms with Gasteiger partial charge in [0.2, 0.25) is 10.0 Å². The number of nitrogens with zero attached hydrogens (tertiary/aromatic N) is 3. The molecule has 3 rings (SSSR count). The number of fused-ring (bicyclic) bond motifs is 1. The zero-order chi connectivity index (χ0) is 25.8. The molecule has 9 nitrogen and oxygen atoms in total. The molecule has 10 heteroatoms. The fourth-order valence-corrected chi connectivity index (χ4v) is 5.60. The third kappa shape index (κ3) is 6.18. The second-order valence-electron chi connectivity index (χ2n) is 8.77. The van der Waals surface area contributed by atoms with Gasteiger partial charge in [0.05, 0.1) is 13.2 Å². The predicted molar refractivity (Wildman–Crippen MR) is 130 cm³/mol. The highest BCUT2D eigenvalue weighted by Crippen LogP contribution is 2.34. The summed E-state index contributed by atoms with van der Waals surface area (Å²) < 4.78 is 34.5. The maximum atomic E-state index is 13.5. The minimum absolute atomic E-state index is 0.0413. The Bertz CT molecular complexity index is 1210. The molecule has 4 atom stereocenters. The second-order valence-corrected chi connectivity index (χ2v) is 10.6. The minimum atomic E-state index is -3.98. The van der Waals surface area contributed by atoms with Crippen LogP contribution in [0, 0.1) is 17.8 Å². The number of hydrogen-bond donors (Lipinski definition) is 2. The number of carbonyl (C=O) groups excluding carboxylic acids is 1. The molecule has 0 unspecified atom stereocenters. The van der Waals surface area contributed by atoms with Crippen molar-refractivity contribution in [2.24, 2.45) is 5.92 Å². The molecule has 2 aromatic rings. The quantitative estimate of drug-likeness (QED) is 0.594. The molecule has 0 bridgehead atoms. The van der Waals surface area contributed by atoms with Crippen molar-refractivity contribution >= 4 is 15.9 Å². The van der Waals surface area contributed by atoms with Gasteiger partial charge in [-0.05, 0) is 44.2 Å². The summed E-state index contributed by atoms with van der Waals surface area (Å²) in [5.74, 6) is 5.03. The number of aliphatic hydroxyl groups is 2. The van der Waals surface area contributed by atoms with E-state index in [0.717, 1.165) is 0 Å². The number of aromatic nitrogens is 1. The monoisotopic (exact) mass is 501 g/mol. The lowest BCUT2D eigenvalue weighted by Crippen LogP contribution is -2.50. The first-order chi connectivity index (χ1) is 16.5.